The molecule has 1 aliphatic carbocycles. The fourth-order valence-corrected chi connectivity index (χ4v) is 1.34. The number of nitrogens with zero attached hydrogens (tertiary/aromatic N) is 2. The van der Waals surface area contributed by atoms with Crippen LogP contribution >= 0.6 is 0 Å². The van der Waals surface area contributed by atoms with Crippen LogP contribution in [0.1, 0.15) is 18.5 Å². The Bertz CT molecular complexity index is 332. The molecule has 5 heteroatoms. The van der Waals surface area contributed by atoms with E-state index in [0.29, 0.717) is 11.5 Å². The van der Waals surface area contributed by atoms with E-state index < -0.39 is 6.08 Å². The summed E-state index contributed by atoms with van der Waals surface area (Å²) in [5, 5.41) is 12.1. The quantitative estimate of drug-likeness (QED) is 0.706. The Morgan fingerprint density at radius 1 is 1.57 bits per heavy atom. The minimum atomic E-state index is -0.735. The standard InChI is InChI=1S/C9H12FN3O/c1-6-4-7(12-8(10)11-6)13-9(5-14)2-3-9/h4,14H,2-3,5H2,1H3,(H,11,12,13). The van der Waals surface area contributed by atoms with Crippen LogP contribution in [0.15, 0.2) is 6.07 Å². The number of aryl methyl sites for hydroxylation is 1. The van der Waals surface area contributed by atoms with E-state index in [9.17, 15) is 4.39 Å². The van der Waals surface area contributed by atoms with Gasteiger partial charge in [0, 0.05) is 11.8 Å². The molecule has 0 atom stereocenters. The molecule has 0 spiro atoms. The van der Waals surface area contributed by atoms with Crippen LogP contribution in [0.25, 0.3) is 0 Å². The molecular weight excluding hydrogens is 185 g/mol. The van der Waals surface area contributed by atoms with Gasteiger partial charge in [0.05, 0.1) is 12.1 Å². The van der Waals surface area contributed by atoms with E-state index in [1.165, 1.54) is 0 Å². The van der Waals surface area contributed by atoms with E-state index in [1.54, 1.807) is 13.0 Å². The van der Waals surface area contributed by atoms with Crippen LogP contribution in [0.4, 0.5) is 10.2 Å². The van der Waals surface area contributed by atoms with E-state index >= 15 is 0 Å². The zero-order valence-corrected chi connectivity index (χ0v) is 7.92. The average Bonchev–Trinajstić information content (AvgIpc) is 2.83. The summed E-state index contributed by atoms with van der Waals surface area (Å²) in [5.41, 5.74) is 0.307. The first kappa shape index (κ1) is 9.33. The molecular formula is C9H12FN3O. The second-order valence-corrected chi connectivity index (χ2v) is 3.73. The SMILES string of the molecule is Cc1cc(NC2(CO)CC2)nc(F)n1. The number of hydrogen-bond acceptors (Lipinski definition) is 4. The fraction of sp³-hybridized carbons (Fsp3) is 0.556. The van der Waals surface area contributed by atoms with Gasteiger partial charge in [0.25, 0.3) is 0 Å². The van der Waals surface area contributed by atoms with Crippen LogP contribution in [-0.2, 0) is 0 Å². The second kappa shape index (κ2) is 3.16. The number of halogens is 1. The minimum absolute atomic E-state index is 0.0532. The maximum absolute atomic E-state index is 12.8. The zero-order chi connectivity index (χ0) is 10.2. The summed E-state index contributed by atoms with van der Waals surface area (Å²) in [5.74, 6) is 0.446. The summed E-state index contributed by atoms with van der Waals surface area (Å²) in [4.78, 5) is 7.14. The van der Waals surface area contributed by atoms with Gasteiger partial charge >= 0.3 is 6.08 Å². The first-order chi connectivity index (χ1) is 6.63. The highest BCUT2D eigenvalue weighted by Crippen LogP contribution is 2.37. The topological polar surface area (TPSA) is 58.0 Å². The molecule has 0 saturated heterocycles. The molecule has 1 aromatic heterocycles. The van der Waals surface area contributed by atoms with Gasteiger partial charge < -0.3 is 10.4 Å². The van der Waals surface area contributed by atoms with Crippen molar-refractivity contribution in [2.24, 2.45) is 0 Å². The van der Waals surface area contributed by atoms with Gasteiger partial charge in [-0.1, -0.05) is 0 Å². The van der Waals surface area contributed by atoms with Crippen LogP contribution in [0.2, 0.25) is 0 Å². The summed E-state index contributed by atoms with van der Waals surface area (Å²) in [7, 11) is 0. The Labute approximate surface area is 81.2 Å². The van der Waals surface area contributed by atoms with Gasteiger partial charge in [-0.15, -0.1) is 0 Å². The number of aliphatic hydroxyl groups is 1. The summed E-state index contributed by atoms with van der Waals surface area (Å²) >= 11 is 0. The summed E-state index contributed by atoms with van der Waals surface area (Å²) in [6.45, 7) is 1.76. The van der Waals surface area contributed by atoms with Crippen molar-refractivity contribution in [3.8, 4) is 0 Å². The largest absolute Gasteiger partial charge is 0.394 e. The van der Waals surface area contributed by atoms with Gasteiger partial charge in [-0.25, -0.2) is 4.98 Å². The molecule has 0 amide bonds. The highest BCUT2D eigenvalue weighted by molar-refractivity contribution is 5.40. The fourth-order valence-electron chi connectivity index (χ4n) is 1.34. The highest BCUT2D eigenvalue weighted by Gasteiger charge is 2.42. The molecule has 0 bridgehead atoms. The van der Waals surface area contributed by atoms with Gasteiger partial charge in [0.1, 0.15) is 5.82 Å². The third-order valence-corrected chi connectivity index (χ3v) is 2.38. The summed E-state index contributed by atoms with van der Waals surface area (Å²) < 4.78 is 12.8. The Balaban J connectivity index is 2.16. The zero-order valence-electron chi connectivity index (χ0n) is 7.92. The van der Waals surface area contributed by atoms with E-state index in [-0.39, 0.29) is 12.1 Å². The van der Waals surface area contributed by atoms with E-state index in [2.05, 4.69) is 15.3 Å². The Morgan fingerprint density at radius 2 is 2.29 bits per heavy atom. The molecule has 1 aromatic rings. The van der Waals surface area contributed by atoms with Crippen molar-refractivity contribution in [3.63, 3.8) is 0 Å². The number of aliphatic hydroxyl groups excluding tert-OH is 1. The number of aromatic nitrogens is 2. The van der Waals surface area contributed by atoms with Gasteiger partial charge in [0.2, 0.25) is 0 Å². The molecule has 14 heavy (non-hydrogen) atoms. The lowest BCUT2D eigenvalue weighted by Crippen LogP contribution is -2.26. The van der Waals surface area contributed by atoms with Crippen LogP contribution in [0.3, 0.4) is 0 Å². The van der Waals surface area contributed by atoms with Crippen LogP contribution in [0.5, 0.6) is 0 Å². The van der Waals surface area contributed by atoms with E-state index in [4.69, 9.17) is 5.11 Å². The third-order valence-electron chi connectivity index (χ3n) is 2.38. The van der Waals surface area contributed by atoms with Crippen molar-refractivity contribution >= 4 is 5.82 Å². The molecule has 76 valence electrons. The second-order valence-electron chi connectivity index (χ2n) is 3.73. The molecule has 2 N–H and O–H groups in total. The number of nitrogens with one attached hydrogen (secondary N) is 1. The lowest BCUT2D eigenvalue weighted by Gasteiger charge is -2.14. The van der Waals surface area contributed by atoms with Crippen molar-refractivity contribution in [2.45, 2.75) is 25.3 Å². The minimum Gasteiger partial charge on any atom is -0.394 e. The molecule has 1 aliphatic rings. The average molecular weight is 197 g/mol. The summed E-state index contributed by atoms with van der Waals surface area (Å²) in [6, 6.07) is 1.67. The van der Waals surface area contributed by atoms with Crippen LogP contribution < -0.4 is 5.32 Å². The van der Waals surface area contributed by atoms with Crippen molar-refractivity contribution in [1.82, 2.24) is 9.97 Å². The maximum atomic E-state index is 12.8. The first-order valence-electron chi connectivity index (χ1n) is 4.54. The van der Waals surface area contributed by atoms with Crippen molar-refractivity contribution in [3.05, 3.63) is 17.8 Å². The van der Waals surface area contributed by atoms with Gasteiger partial charge in [0.15, 0.2) is 0 Å². The predicted octanol–water partition coefficient (Wildman–Crippen LogP) is 0.861. The van der Waals surface area contributed by atoms with Gasteiger partial charge in [-0.3, -0.25) is 0 Å². The molecule has 1 heterocycles. The van der Waals surface area contributed by atoms with Gasteiger partial charge in [-0.05, 0) is 19.8 Å². The lowest BCUT2D eigenvalue weighted by atomic mass is 10.3. The maximum Gasteiger partial charge on any atom is 0.310 e. The molecule has 1 fully saturated rings. The number of anilines is 1. The van der Waals surface area contributed by atoms with Crippen molar-refractivity contribution < 1.29 is 9.50 Å². The number of hydrogen-bond donors (Lipinski definition) is 2. The summed E-state index contributed by atoms with van der Waals surface area (Å²) in [6.07, 6.45) is 1.06. The van der Waals surface area contributed by atoms with E-state index in [0.717, 1.165) is 12.8 Å². The van der Waals surface area contributed by atoms with Crippen LogP contribution in [0, 0.1) is 13.0 Å². The number of rotatable bonds is 3. The Kier molecular flexibility index (Phi) is 2.11. The normalized spacial score (nSPS) is 17.9. The smallest absolute Gasteiger partial charge is 0.310 e. The van der Waals surface area contributed by atoms with Crippen molar-refractivity contribution in [1.29, 1.82) is 0 Å². The molecule has 1 saturated carbocycles. The van der Waals surface area contributed by atoms with Crippen molar-refractivity contribution in [2.75, 3.05) is 11.9 Å². The molecule has 0 unspecified atom stereocenters. The lowest BCUT2D eigenvalue weighted by molar-refractivity contribution is 0.266. The molecule has 0 radical (unpaired) electrons. The third kappa shape index (κ3) is 1.82. The molecule has 0 aliphatic heterocycles. The first-order valence-corrected chi connectivity index (χ1v) is 4.54. The highest BCUT2D eigenvalue weighted by atomic mass is 19.1. The predicted molar refractivity (Wildman–Crippen MR) is 49.4 cm³/mol. The molecule has 4 nitrogen and oxygen atoms in total. The monoisotopic (exact) mass is 197 g/mol. The molecule has 2 rings (SSSR count). The Morgan fingerprint density at radius 3 is 2.79 bits per heavy atom. The molecule has 0 aromatic carbocycles. The van der Waals surface area contributed by atoms with Gasteiger partial charge in [-0.2, -0.15) is 9.37 Å². The van der Waals surface area contributed by atoms with E-state index in [1.807, 2.05) is 0 Å². The Hall–Kier alpha value is -1.23. The van der Waals surface area contributed by atoms with Crippen LogP contribution in [-0.4, -0.2) is 27.2 Å².